The smallest absolute Gasteiger partial charge is 0.213 e. The first-order chi connectivity index (χ1) is 9.25. The van der Waals surface area contributed by atoms with E-state index in [1.165, 1.54) is 12.0 Å². The Hall–Kier alpha value is -1.68. The third-order valence-corrected chi connectivity index (χ3v) is 3.06. The summed E-state index contributed by atoms with van der Waals surface area (Å²) in [6.07, 6.45) is 3.28. The number of nitrogens with one attached hydrogen (secondary N) is 1. The fraction of sp³-hybridized carbons (Fsp3) is 0.467. The summed E-state index contributed by atoms with van der Waals surface area (Å²) in [5, 5.41) is 7.40. The zero-order chi connectivity index (χ0) is 13.5. The summed E-state index contributed by atoms with van der Waals surface area (Å²) >= 11 is 0. The van der Waals surface area contributed by atoms with Crippen molar-refractivity contribution >= 4 is 0 Å². The number of hydrogen-bond donors (Lipinski definition) is 1. The number of hydrogen-bond acceptors (Lipinski definition) is 4. The fourth-order valence-electron chi connectivity index (χ4n) is 2.15. The van der Waals surface area contributed by atoms with Gasteiger partial charge in [-0.3, -0.25) is 0 Å². The Morgan fingerprint density at radius 2 is 2.00 bits per heavy atom. The van der Waals surface area contributed by atoms with E-state index in [0.29, 0.717) is 12.0 Å². The van der Waals surface area contributed by atoms with Gasteiger partial charge in [-0.05, 0) is 17.9 Å². The molecule has 1 aromatic heterocycles. The van der Waals surface area contributed by atoms with E-state index >= 15 is 0 Å². The summed E-state index contributed by atoms with van der Waals surface area (Å²) in [4.78, 5) is 4.03. The minimum absolute atomic E-state index is 0.383. The summed E-state index contributed by atoms with van der Waals surface area (Å²) in [6, 6.07) is 11.0. The van der Waals surface area contributed by atoms with Crippen LogP contribution in [0.4, 0.5) is 0 Å². The maximum atomic E-state index is 4.73. The van der Waals surface area contributed by atoms with Gasteiger partial charge in [-0.2, -0.15) is 4.98 Å². The quantitative estimate of drug-likeness (QED) is 0.830. The van der Waals surface area contributed by atoms with Crippen molar-refractivity contribution < 1.29 is 4.52 Å². The Labute approximate surface area is 114 Å². The number of aromatic nitrogens is 2. The van der Waals surface area contributed by atoms with Crippen LogP contribution >= 0.6 is 0 Å². The lowest BCUT2D eigenvalue weighted by Gasteiger charge is -2.21. The molecule has 1 atom stereocenters. The van der Waals surface area contributed by atoms with Crippen molar-refractivity contribution in [2.45, 2.75) is 32.7 Å². The van der Waals surface area contributed by atoms with Crippen molar-refractivity contribution in [3.05, 3.63) is 48.1 Å². The lowest BCUT2D eigenvalue weighted by molar-refractivity contribution is 0.403. The zero-order valence-corrected chi connectivity index (χ0v) is 11.5. The lowest BCUT2D eigenvalue weighted by atomic mass is 9.97. The molecule has 0 saturated carbocycles. The fourth-order valence-corrected chi connectivity index (χ4v) is 2.15. The van der Waals surface area contributed by atoms with Gasteiger partial charge in [-0.1, -0.05) is 49.3 Å². The van der Waals surface area contributed by atoms with Gasteiger partial charge in [0.25, 0.3) is 0 Å². The van der Waals surface area contributed by atoms with Crippen LogP contribution < -0.4 is 5.32 Å². The largest absolute Gasteiger partial charge is 0.343 e. The van der Waals surface area contributed by atoms with Crippen molar-refractivity contribution in [1.82, 2.24) is 15.5 Å². The molecule has 0 aliphatic rings. The van der Waals surface area contributed by atoms with Crippen LogP contribution in [0.15, 0.2) is 41.2 Å². The highest BCUT2D eigenvalue weighted by Crippen LogP contribution is 2.20. The molecule has 0 bridgehead atoms. The first-order valence-electron chi connectivity index (χ1n) is 6.79. The van der Waals surface area contributed by atoms with Crippen LogP contribution in [0.2, 0.25) is 0 Å². The molecule has 0 amide bonds. The monoisotopic (exact) mass is 259 g/mol. The molecule has 1 aromatic carbocycles. The summed E-state index contributed by atoms with van der Waals surface area (Å²) in [6.45, 7) is 5.35. The molecular weight excluding hydrogens is 238 g/mol. The molecule has 0 aliphatic heterocycles. The van der Waals surface area contributed by atoms with E-state index in [1.807, 2.05) is 0 Å². The van der Waals surface area contributed by atoms with Gasteiger partial charge in [0.2, 0.25) is 6.39 Å². The van der Waals surface area contributed by atoms with E-state index in [-0.39, 0.29) is 0 Å². The Morgan fingerprint density at radius 1 is 1.21 bits per heavy atom. The molecule has 0 spiro atoms. The molecular formula is C15H21N3O. The van der Waals surface area contributed by atoms with Crippen molar-refractivity contribution in [1.29, 1.82) is 0 Å². The van der Waals surface area contributed by atoms with Gasteiger partial charge in [0.05, 0.1) is 0 Å². The van der Waals surface area contributed by atoms with E-state index in [1.54, 1.807) is 0 Å². The molecule has 0 radical (unpaired) electrons. The minimum Gasteiger partial charge on any atom is -0.343 e. The van der Waals surface area contributed by atoms with Crippen LogP contribution in [0.5, 0.6) is 0 Å². The second-order valence-electron chi connectivity index (χ2n) is 5.14. The van der Waals surface area contributed by atoms with Crippen molar-refractivity contribution in [3.8, 4) is 0 Å². The maximum absolute atomic E-state index is 4.73. The Kier molecular flexibility index (Phi) is 5.10. The number of benzene rings is 1. The average Bonchev–Trinajstić information content (AvgIpc) is 2.91. The average molecular weight is 259 g/mol. The highest BCUT2D eigenvalue weighted by Gasteiger charge is 2.12. The van der Waals surface area contributed by atoms with E-state index in [2.05, 4.69) is 59.6 Å². The molecule has 0 fully saturated rings. The van der Waals surface area contributed by atoms with Gasteiger partial charge in [-0.15, -0.1) is 0 Å². The highest BCUT2D eigenvalue weighted by atomic mass is 16.5. The summed E-state index contributed by atoms with van der Waals surface area (Å²) in [5.41, 5.74) is 1.34. The van der Waals surface area contributed by atoms with Crippen LogP contribution in [0.1, 0.15) is 37.7 Å². The first kappa shape index (κ1) is 13.7. The Bertz CT molecular complexity index is 454. The van der Waals surface area contributed by atoms with E-state index in [4.69, 9.17) is 4.52 Å². The standard InChI is InChI=1S/C15H21N3O/c1-12(2)10-14(13-6-4-3-5-7-13)16-9-8-15-17-11-19-18-15/h3-7,11-12,14,16H,8-10H2,1-2H3. The summed E-state index contributed by atoms with van der Waals surface area (Å²) < 4.78 is 4.73. The van der Waals surface area contributed by atoms with Gasteiger partial charge in [0.1, 0.15) is 0 Å². The molecule has 4 heteroatoms. The Balaban J connectivity index is 1.91. The molecule has 102 valence electrons. The third-order valence-electron chi connectivity index (χ3n) is 3.06. The molecule has 0 saturated heterocycles. The second kappa shape index (κ2) is 7.04. The number of nitrogens with zero attached hydrogens (tertiary/aromatic N) is 2. The first-order valence-corrected chi connectivity index (χ1v) is 6.79. The van der Waals surface area contributed by atoms with Gasteiger partial charge in [0.15, 0.2) is 5.82 Å². The van der Waals surface area contributed by atoms with E-state index in [0.717, 1.165) is 25.2 Å². The highest BCUT2D eigenvalue weighted by molar-refractivity contribution is 5.18. The molecule has 1 N–H and O–H groups in total. The normalized spacial score (nSPS) is 12.8. The second-order valence-corrected chi connectivity index (χ2v) is 5.14. The predicted molar refractivity (Wildman–Crippen MR) is 74.6 cm³/mol. The zero-order valence-electron chi connectivity index (χ0n) is 11.5. The summed E-state index contributed by atoms with van der Waals surface area (Å²) in [5.74, 6) is 1.41. The van der Waals surface area contributed by atoms with Gasteiger partial charge < -0.3 is 9.84 Å². The van der Waals surface area contributed by atoms with Crippen LogP contribution in [-0.4, -0.2) is 16.7 Å². The van der Waals surface area contributed by atoms with Crippen molar-refractivity contribution in [3.63, 3.8) is 0 Å². The van der Waals surface area contributed by atoms with Gasteiger partial charge >= 0.3 is 0 Å². The molecule has 1 unspecified atom stereocenters. The third kappa shape index (κ3) is 4.48. The van der Waals surface area contributed by atoms with Crippen LogP contribution in [0.25, 0.3) is 0 Å². The molecule has 19 heavy (non-hydrogen) atoms. The maximum Gasteiger partial charge on any atom is 0.213 e. The molecule has 0 aliphatic carbocycles. The minimum atomic E-state index is 0.383. The van der Waals surface area contributed by atoms with Gasteiger partial charge in [-0.25, -0.2) is 0 Å². The molecule has 2 aromatic rings. The molecule has 4 nitrogen and oxygen atoms in total. The topological polar surface area (TPSA) is 51.0 Å². The SMILES string of the molecule is CC(C)CC(NCCc1ncon1)c1ccccc1. The van der Waals surface area contributed by atoms with E-state index in [9.17, 15) is 0 Å². The Morgan fingerprint density at radius 3 is 2.63 bits per heavy atom. The summed E-state index contributed by atoms with van der Waals surface area (Å²) in [7, 11) is 0. The van der Waals surface area contributed by atoms with E-state index < -0.39 is 0 Å². The molecule has 1 heterocycles. The van der Waals surface area contributed by atoms with Gasteiger partial charge in [0, 0.05) is 19.0 Å². The van der Waals surface area contributed by atoms with Crippen LogP contribution in [0, 0.1) is 5.92 Å². The molecule has 2 rings (SSSR count). The van der Waals surface area contributed by atoms with Crippen molar-refractivity contribution in [2.24, 2.45) is 5.92 Å². The predicted octanol–water partition coefficient (Wildman–Crippen LogP) is 2.99. The van der Waals surface area contributed by atoms with Crippen LogP contribution in [0.3, 0.4) is 0 Å². The lowest BCUT2D eigenvalue weighted by Crippen LogP contribution is -2.25. The van der Waals surface area contributed by atoms with Crippen LogP contribution in [-0.2, 0) is 6.42 Å². The number of rotatable bonds is 7. The van der Waals surface area contributed by atoms with Crippen molar-refractivity contribution in [2.75, 3.05) is 6.54 Å².